The molecule has 1 aromatic heterocycles. The lowest BCUT2D eigenvalue weighted by molar-refractivity contribution is 0.257. The SMILES string of the molecule is CC(CN)(CN1CCCC1)c1ccccn1. The molecule has 3 heteroatoms. The van der Waals surface area contributed by atoms with Crippen molar-refractivity contribution < 1.29 is 0 Å². The number of hydrogen-bond acceptors (Lipinski definition) is 3. The van der Waals surface area contributed by atoms with Gasteiger partial charge in [-0.2, -0.15) is 0 Å². The maximum absolute atomic E-state index is 5.95. The zero-order valence-corrected chi connectivity index (χ0v) is 10.0. The minimum atomic E-state index is -0.00833. The zero-order valence-electron chi connectivity index (χ0n) is 10.0. The average Bonchev–Trinajstić information content (AvgIpc) is 2.83. The van der Waals surface area contributed by atoms with Gasteiger partial charge in [0.25, 0.3) is 0 Å². The van der Waals surface area contributed by atoms with Gasteiger partial charge >= 0.3 is 0 Å². The molecule has 0 radical (unpaired) electrons. The number of pyridine rings is 1. The predicted octanol–water partition coefficient (Wildman–Crippen LogP) is 1.39. The van der Waals surface area contributed by atoms with Crippen LogP contribution >= 0.6 is 0 Å². The highest BCUT2D eigenvalue weighted by Gasteiger charge is 2.29. The Bertz CT molecular complexity index is 319. The summed E-state index contributed by atoms with van der Waals surface area (Å²) in [5.41, 5.74) is 7.06. The Morgan fingerprint density at radius 3 is 2.69 bits per heavy atom. The minimum absolute atomic E-state index is 0.00833. The molecule has 0 bridgehead atoms. The Balaban J connectivity index is 2.12. The molecular weight excluding hydrogens is 198 g/mol. The molecule has 2 N–H and O–H groups in total. The second-order valence-electron chi connectivity index (χ2n) is 4.96. The van der Waals surface area contributed by atoms with Crippen molar-refractivity contribution in [3.05, 3.63) is 30.1 Å². The topological polar surface area (TPSA) is 42.1 Å². The molecule has 2 heterocycles. The lowest BCUT2D eigenvalue weighted by atomic mass is 9.85. The smallest absolute Gasteiger partial charge is 0.0488 e. The quantitative estimate of drug-likeness (QED) is 0.832. The maximum Gasteiger partial charge on any atom is 0.0488 e. The number of aromatic nitrogens is 1. The Morgan fingerprint density at radius 1 is 1.38 bits per heavy atom. The van der Waals surface area contributed by atoms with E-state index in [-0.39, 0.29) is 5.41 Å². The third-order valence-electron chi connectivity index (χ3n) is 3.51. The van der Waals surface area contributed by atoms with E-state index in [4.69, 9.17) is 5.73 Å². The van der Waals surface area contributed by atoms with Gasteiger partial charge in [-0.15, -0.1) is 0 Å². The highest BCUT2D eigenvalue weighted by atomic mass is 15.1. The van der Waals surface area contributed by atoms with Crippen molar-refractivity contribution in [3.63, 3.8) is 0 Å². The Hall–Kier alpha value is -0.930. The third kappa shape index (κ3) is 2.42. The van der Waals surface area contributed by atoms with Crippen LogP contribution in [0.25, 0.3) is 0 Å². The van der Waals surface area contributed by atoms with Gasteiger partial charge in [-0.05, 0) is 38.1 Å². The summed E-state index contributed by atoms with van der Waals surface area (Å²) in [6.07, 6.45) is 4.50. The van der Waals surface area contributed by atoms with Crippen molar-refractivity contribution in [3.8, 4) is 0 Å². The molecule has 2 rings (SSSR count). The second kappa shape index (κ2) is 4.93. The van der Waals surface area contributed by atoms with Gasteiger partial charge < -0.3 is 10.6 Å². The van der Waals surface area contributed by atoms with E-state index in [1.807, 2.05) is 18.3 Å². The van der Waals surface area contributed by atoms with Crippen molar-refractivity contribution in [2.45, 2.75) is 25.2 Å². The number of nitrogens with zero attached hydrogens (tertiary/aromatic N) is 2. The van der Waals surface area contributed by atoms with E-state index in [1.165, 1.54) is 25.9 Å². The van der Waals surface area contributed by atoms with Crippen molar-refractivity contribution >= 4 is 0 Å². The summed E-state index contributed by atoms with van der Waals surface area (Å²) in [7, 11) is 0. The van der Waals surface area contributed by atoms with Crippen LogP contribution in [-0.4, -0.2) is 36.1 Å². The molecule has 1 fully saturated rings. The van der Waals surface area contributed by atoms with E-state index in [1.54, 1.807) is 0 Å². The molecule has 1 aliphatic heterocycles. The molecule has 1 atom stereocenters. The summed E-state index contributed by atoms with van der Waals surface area (Å²) in [6, 6.07) is 6.08. The maximum atomic E-state index is 5.95. The van der Waals surface area contributed by atoms with E-state index in [0.717, 1.165) is 12.2 Å². The van der Waals surface area contributed by atoms with Crippen LogP contribution in [0.5, 0.6) is 0 Å². The zero-order chi connectivity index (χ0) is 11.4. The van der Waals surface area contributed by atoms with Gasteiger partial charge in [0.2, 0.25) is 0 Å². The van der Waals surface area contributed by atoms with Crippen molar-refractivity contribution in [1.82, 2.24) is 9.88 Å². The van der Waals surface area contributed by atoms with Gasteiger partial charge in [-0.25, -0.2) is 0 Å². The number of likely N-dealkylation sites (tertiary alicyclic amines) is 1. The van der Waals surface area contributed by atoms with Gasteiger partial charge in [0.15, 0.2) is 0 Å². The molecule has 0 aliphatic carbocycles. The standard InChI is InChI=1S/C13H21N3/c1-13(10-14,11-16-8-4-5-9-16)12-6-2-3-7-15-12/h2-3,6-7H,4-5,8-11,14H2,1H3. The highest BCUT2D eigenvalue weighted by Crippen LogP contribution is 2.23. The molecule has 1 aliphatic rings. The van der Waals surface area contributed by atoms with Crippen LogP contribution in [-0.2, 0) is 5.41 Å². The molecule has 0 saturated carbocycles. The molecule has 1 unspecified atom stereocenters. The first kappa shape index (κ1) is 11.6. The van der Waals surface area contributed by atoms with Crippen molar-refractivity contribution in [1.29, 1.82) is 0 Å². The fourth-order valence-corrected chi connectivity index (χ4v) is 2.40. The summed E-state index contributed by atoms with van der Waals surface area (Å²) in [4.78, 5) is 6.96. The van der Waals surface area contributed by atoms with Crippen LogP contribution in [0.3, 0.4) is 0 Å². The fourth-order valence-electron chi connectivity index (χ4n) is 2.40. The average molecular weight is 219 g/mol. The molecule has 0 aromatic carbocycles. The first-order chi connectivity index (χ1) is 7.74. The lowest BCUT2D eigenvalue weighted by Crippen LogP contribution is -2.43. The Labute approximate surface area is 97.7 Å². The number of nitrogens with two attached hydrogens (primary N) is 1. The van der Waals surface area contributed by atoms with Crippen molar-refractivity contribution in [2.75, 3.05) is 26.2 Å². The molecule has 16 heavy (non-hydrogen) atoms. The van der Waals surface area contributed by atoms with Gasteiger partial charge in [0.1, 0.15) is 0 Å². The summed E-state index contributed by atoms with van der Waals surface area (Å²) in [6.45, 7) is 6.32. The van der Waals surface area contributed by atoms with Crippen LogP contribution < -0.4 is 5.73 Å². The summed E-state index contributed by atoms with van der Waals surface area (Å²) in [5, 5.41) is 0. The monoisotopic (exact) mass is 219 g/mol. The van der Waals surface area contributed by atoms with Gasteiger partial charge in [0, 0.05) is 30.4 Å². The summed E-state index contributed by atoms with van der Waals surface area (Å²) >= 11 is 0. The Morgan fingerprint density at radius 2 is 2.12 bits per heavy atom. The van der Waals surface area contributed by atoms with Crippen LogP contribution in [0, 0.1) is 0 Å². The first-order valence-corrected chi connectivity index (χ1v) is 6.08. The van der Waals surface area contributed by atoms with Gasteiger partial charge in [-0.1, -0.05) is 13.0 Å². The second-order valence-corrected chi connectivity index (χ2v) is 4.96. The summed E-state index contributed by atoms with van der Waals surface area (Å²) < 4.78 is 0. The van der Waals surface area contributed by atoms with E-state index in [9.17, 15) is 0 Å². The fraction of sp³-hybridized carbons (Fsp3) is 0.615. The number of hydrogen-bond donors (Lipinski definition) is 1. The van der Waals surface area contributed by atoms with E-state index >= 15 is 0 Å². The molecule has 1 aromatic rings. The van der Waals surface area contributed by atoms with Gasteiger partial charge in [-0.3, -0.25) is 4.98 Å². The van der Waals surface area contributed by atoms with E-state index in [0.29, 0.717) is 6.54 Å². The third-order valence-corrected chi connectivity index (χ3v) is 3.51. The largest absolute Gasteiger partial charge is 0.329 e. The summed E-state index contributed by atoms with van der Waals surface area (Å²) in [5.74, 6) is 0. The molecule has 1 saturated heterocycles. The normalized spacial score (nSPS) is 20.9. The minimum Gasteiger partial charge on any atom is -0.329 e. The van der Waals surface area contributed by atoms with Gasteiger partial charge in [0.05, 0.1) is 0 Å². The molecule has 3 nitrogen and oxygen atoms in total. The predicted molar refractivity (Wildman–Crippen MR) is 66.3 cm³/mol. The van der Waals surface area contributed by atoms with E-state index < -0.39 is 0 Å². The van der Waals surface area contributed by atoms with Crippen LogP contribution in [0.1, 0.15) is 25.5 Å². The lowest BCUT2D eigenvalue weighted by Gasteiger charge is -2.32. The highest BCUT2D eigenvalue weighted by molar-refractivity contribution is 5.17. The molecular formula is C13H21N3. The van der Waals surface area contributed by atoms with Crippen LogP contribution in [0.2, 0.25) is 0 Å². The number of rotatable bonds is 4. The van der Waals surface area contributed by atoms with Crippen molar-refractivity contribution in [2.24, 2.45) is 5.73 Å². The van der Waals surface area contributed by atoms with Crippen LogP contribution in [0.4, 0.5) is 0 Å². The van der Waals surface area contributed by atoms with Crippen LogP contribution in [0.15, 0.2) is 24.4 Å². The first-order valence-electron chi connectivity index (χ1n) is 6.08. The molecule has 88 valence electrons. The Kier molecular flexibility index (Phi) is 3.56. The molecule has 0 amide bonds. The van der Waals surface area contributed by atoms with E-state index in [2.05, 4.69) is 22.9 Å². The molecule has 0 spiro atoms.